The highest BCUT2D eigenvalue weighted by Gasteiger charge is 2.31. The van der Waals surface area contributed by atoms with Crippen LogP contribution in [0.2, 0.25) is 0 Å². The van der Waals surface area contributed by atoms with Crippen LogP contribution in [0.15, 0.2) is 24.3 Å². The van der Waals surface area contributed by atoms with Crippen LogP contribution in [0.3, 0.4) is 0 Å². The summed E-state index contributed by atoms with van der Waals surface area (Å²) in [5.74, 6) is 1.72. The maximum atomic E-state index is 5.27. The molecule has 0 radical (unpaired) electrons. The molecule has 0 amide bonds. The molecule has 18 heavy (non-hydrogen) atoms. The van der Waals surface area contributed by atoms with E-state index >= 15 is 0 Å². The third-order valence-electron chi connectivity index (χ3n) is 3.83. The Morgan fingerprint density at radius 1 is 1.28 bits per heavy atom. The molecule has 0 aromatic heterocycles. The van der Waals surface area contributed by atoms with Gasteiger partial charge in [0.25, 0.3) is 0 Å². The van der Waals surface area contributed by atoms with Gasteiger partial charge in [0, 0.05) is 17.8 Å². The summed E-state index contributed by atoms with van der Waals surface area (Å²) in [7, 11) is 1.71. The standard InChI is InChI=1S/C16H25NO/c1-12-8-14(11-16(2,3)10-12)17-13-6-5-7-15(9-13)18-4/h5-7,9,12,14,17H,8,10-11H2,1-4H3. The molecule has 0 spiro atoms. The van der Waals surface area contributed by atoms with Crippen molar-refractivity contribution in [3.8, 4) is 5.75 Å². The lowest BCUT2D eigenvalue weighted by Gasteiger charge is -2.39. The second-order valence-corrected chi connectivity index (χ2v) is 6.49. The second kappa shape index (κ2) is 5.21. The summed E-state index contributed by atoms with van der Waals surface area (Å²) in [5, 5.41) is 3.66. The molecule has 1 fully saturated rings. The molecule has 2 heteroatoms. The third kappa shape index (κ3) is 3.41. The molecule has 2 rings (SSSR count). The highest BCUT2D eigenvalue weighted by molar-refractivity contribution is 5.48. The van der Waals surface area contributed by atoms with Crippen molar-refractivity contribution >= 4 is 5.69 Å². The van der Waals surface area contributed by atoms with Gasteiger partial charge in [-0.25, -0.2) is 0 Å². The van der Waals surface area contributed by atoms with E-state index < -0.39 is 0 Å². The van der Waals surface area contributed by atoms with Crippen molar-refractivity contribution in [1.29, 1.82) is 0 Å². The Labute approximate surface area is 111 Å². The second-order valence-electron chi connectivity index (χ2n) is 6.49. The number of hydrogen-bond acceptors (Lipinski definition) is 2. The minimum atomic E-state index is 0.453. The van der Waals surface area contributed by atoms with Gasteiger partial charge in [-0.3, -0.25) is 0 Å². The van der Waals surface area contributed by atoms with Crippen molar-refractivity contribution < 1.29 is 4.74 Å². The minimum Gasteiger partial charge on any atom is -0.497 e. The highest BCUT2D eigenvalue weighted by atomic mass is 16.5. The molecule has 2 atom stereocenters. The summed E-state index contributed by atoms with van der Waals surface area (Å²) in [4.78, 5) is 0. The number of ether oxygens (including phenoxy) is 1. The van der Waals surface area contributed by atoms with Crippen LogP contribution in [0.25, 0.3) is 0 Å². The summed E-state index contributed by atoms with van der Waals surface area (Å²) in [5.41, 5.74) is 1.62. The molecule has 1 aliphatic carbocycles. The van der Waals surface area contributed by atoms with Crippen molar-refractivity contribution in [3.05, 3.63) is 24.3 Å². The van der Waals surface area contributed by atoms with Gasteiger partial charge in [-0.15, -0.1) is 0 Å². The number of rotatable bonds is 3. The van der Waals surface area contributed by atoms with Gasteiger partial charge in [0.05, 0.1) is 7.11 Å². The molecular formula is C16H25NO. The Kier molecular flexibility index (Phi) is 3.84. The third-order valence-corrected chi connectivity index (χ3v) is 3.83. The van der Waals surface area contributed by atoms with Crippen molar-refractivity contribution in [2.75, 3.05) is 12.4 Å². The number of methoxy groups -OCH3 is 1. The first-order chi connectivity index (χ1) is 8.48. The van der Waals surface area contributed by atoms with Crippen LogP contribution in [0, 0.1) is 11.3 Å². The SMILES string of the molecule is COc1cccc(NC2CC(C)CC(C)(C)C2)c1. The Balaban J connectivity index is 2.04. The topological polar surface area (TPSA) is 21.3 Å². The van der Waals surface area contributed by atoms with E-state index in [0.29, 0.717) is 11.5 Å². The van der Waals surface area contributed by atoms with Gasteiger partial charge in [-0.05, 0) is 42.7 Å². The van der Waals surface area contributed by atoms with Gasteiger partial charge in [-0.2, -0.15) is 0 Å². The Hall–Kier alpha value is -1.18. The molecule has 2 unspecified atom stereocenters. The summed E-state index contributed by atoms with van der Waals surface area (Å²) >= 11 is 0. The van der Waals surface area contributed by atoms with E-state index in [4.69, 9.17) is 4.74 Å². The van der Waals surface area contributed by atoms with E-state index in [1.54, 1.807) is 7.11 Å². The zero-order valence-corrected chi connectivity index (χ0v) is 12.0. The predicted molar refractivity (Wildman–Crippen MR) is 77.2 cm³/mol. The summed E-state index contributed by atoms with van der Waals surface area (Å²) in [6, 6.07) is 8.80. The molecule has 0 saturated heterocycles. The average molecular weight is 247 g/mol. The maximum Gasteiger partial charge on any atom is 0.120 e. The van der Waals surface area contributed by atoms with Gasteiger partial charge < -0.3 is 10.1 Å². The van der Waals surface area contributed by atoms with Crippen LogP contribution < -0.4 is 10.1 Å². The molecule has 1 N–H and O–H groups in total. The summed E-state index contributed by atoms with van der Waals surface area (Å²) < 4.78 is 5.27. The zero-order valence-electron chi connectivity index (χ0n) is 12.0. The van der Waals surface area contributed by atoms with Crippen molar-refractivity contribution in [1.82, 2.24) is 0 Å². The van der Waals surface area contributed by atoms with E-state index in [0.717, 1.165) is 11.7 Å². The molecule has 0 aliphatic heterocycles. The fourth-order valence-electron chi connectivity index (χ4n) is 3.40. The molecule has 0 heterocycles. The molecule has 1 aromatic rings. The lowest BCUT2D eigenvalue weighted by atomic mass is 9.70. The molecule has 1 aromatic carbocycles. The van der Waals surface area contributed by atoms with E-state index in [2.05, 4.69) is 38.2 Å². The number of nitrogens with one attached hydrogen (secondary N) is 1. The predicted octanol–water partition coefficient (Wildman–Crippen LogP) is 4.32. The van der Waals surface area contributed by atoms with Crippen molar-refractivity contribution in [2.45, 2.75) is 46.1 Å². The Morgan fingerprint density at radius 3 is 2.72 bits per heavy atom. The number of anilines is 1. The zero-order chi connectivity index (χ0) is 13.2. The molecule has 1 aliphatic rings. The fourth-order valence-corrected chi connectivity index (χ4v) is 3.40. The van der Waals surface area contributed by atoms with Crippen molar-refractivity contribution in [3.63, 3.8) is 0 Å². The van der Waals surface area contributed by atoms with Gasteiger partial charge in [0.15, 0.2) is 0 Å². The monoisotopic (exact) mass is 247 g/mol. The summed E-state index contributed by atoms with van der Waals surface area (Å²) in [6.07, 6.45) is 3.85. The van der Waals surface area contributed by atoms with E-state index in [-0.39, 0.29) is 0 Å². The Morgan fingerprint density at radius 2 is 2.06 bits per heavy atom. The van der Waals surface area contributed by atoms with E-state index in [1.807, 2.05) is 12.1 Å². The van der Waals surface area contributed by atoms with E-state index in [1.165, 1.54) is 24.9 Å². The van der Waals surface area contributed by atoms with Gasteiger partial charge in [0.2, 0.25) is 0 Å². The largest absolute Gasteiger partial charge is 0.497 e. The van der Waals surface area contributed by atoms with Crippen LogP contribution in [0.1, 0.15) is 40.0 Å². The molecular weight excluding hydrogens is 222 g/mol. The fraction of sp³-hybridized carbons (Fsp3) is 0.625. The van der Waals surface area contributed by atoms with Gasteiger partial charge in [0.1, 0.15) is 5.75 Å². The maximum absolute atomic E-state index is 5.27. The van der Waals surface area contributed by atoms with Crippen LogP contribution in [-0.2, 0) is 0 Å². The highest BCUT2D eigenvalue weighted by Crippen LogP contribution is 2.39. The first-order valence-corrected chi connectivity index (χ1v) is 6.89. The number of benzene rings is 1. The minimum absolute atomic E-state index is 0.453. The van der Waals surface area contributed by atoms with Crippen LogP contribution in [-0.4, -0.2) is 13.2 Å². The van der Waals surface area contributed by atoms with E-state index in [9.17, 15) is 0 Å². The molecule has 2 nitrogen and oxygen atoms in total. The molecule has 0 bridgehead atoms. The molecule has 100 valence electrons. The lowest BCUT2D eigenvalue weighted by Crippen LogP contribution is -2.35. The lowest BCUT2D eigenvalue weighted by molar-refractivity contribution is 0.178. The smallest absolute Gasteiger partial charge is 0.120 e. The first kappa shape index (κ1) is 13.3. The van der Waals surface area contributed by atoms with Crippen LogP contribution >= 0.6 is 0 Å². The average Bonchev–Trinajstić information content (AvgIpc) is 2.26. The molecule has 1 saturated carbocycles. The summed E-state index contributed by atoms with van der Waals surface area (Å²) in [6.45, 7) is 7.12. The quantitative estimate of drug-likeness (QED) is 0.858. The van der Waals surface area contributed by atoms with Gasteiger partial charge in [-0.1, -0.05) is 26.8 Å². The Bertz CT molecular complexity index is 400. The van der Waals surface area contributed by atoms with Gasteiger partial charge >= 0.3 is 0 Å². The van der Waals surface area contributed by atoms with Crippen molar-refractivity contribution in [2.24, 2.45) is 11.3 Å². The number of hydrogen-bond donors (Lipinski definition) is 1. The van der Waals surface area contributed by atoms with Crippen LogP contribution in [0.5, 0.6) is 5.75 Å². The normalized spacial score (nSPS) is 26.7. The van der Waals surface area contributed by atoms with Crippen LogP contribution in [0.4, 0.5) is 5.69 Å². The first-order valence-electron chi connectivity index (χ1n) is 6.89.